The van der Waals surface area contributed by atoms with Crippen LogP contribution in [0.2, 0.25) is 5.02 Å². The zero-order valence-corrected chi connectivity index (χ0v) is 14.6. The van der Waals surface area contributed by atoms with Gasteiger partial charge in [-0.2, -0.15) is 0 Å². The van der Waals surface area contributed by atoms with E-state index in [0.29, 0.717) is 24.5 Å². The summed E-state index contributed by atoms with van der Waals surface area (Å²) in [5.41, 5.74) is 9.20. The van der Waals surface area contributed by atoms with Crippen molar-refractivity contribution < 1.29 is 9.63 Å². The molecule has 0 aliphatic carbocycles. The van der Waals surface area contributed by atoms with Gasteiger partial charge in [-0.3, -0.25) is 4.79 Å². The summed E-state index contributed by atoms with van der Waals surface area (Å²) in [5.74, 6) is 0.189. The van der Waals surface area contributed by atoms with E-state index in [1.54, 1.807) is 11.0 Å². The van der Waals surface area contributed by atoms with Gasteiger partial charge in [0.2, 0.25) is 0 Å². The van der Waals surface area contributed by atoms with Crippen LogP contribution in [0.1, 0.15) is 16.7 Å². The number of hydrogen-bond acceptors (Lipinski definition) is 3. The number of oxime groups is 1. The molecule has 2 N–H and O–H groups in total. The van der Waals surface area contributed by atoms with Gasteiger partial charge in [0.25, 0.3) is 5.91 Å². The van der Waals surface area contributed by atoms with E-state index in [2.05, 4.69) is 17.3 Å². The maximum atomic E-state index is 12.3. The minimum Gasteiger partial charge on any atom is -0.384 e. The van der Waals surface area contributed by atoms with Gasteiger partial charge in [0.05, 0.1) is 0 Å². The normalized spacial score (nSPS) is 14.1. The largest absolute Gasteiger partial charge is 0.384 e. The summed E-state index contributed by atoms with van der Waals surface area (Å²) in [5, 5.41) is 4.46. The Kier molecular flexibility index (Phi) is 5.56. The molecule has 1 aliphatic heterocycles. The molecule has 2 aromatic rings. The molecule has 0 saturated heterocycles. The fourth-order valence-electron chi connectivity index (χ4n) is 2.84. The molecule has 5 nitrogen and oxygen atoms in total. The molecule has 0 unspecified atom stereocenters. The van der Waals surface area contributed by atoms with Crippen molar-refractivity contribution in [3.05, 3.63) is 70.2 Å². The van der Waals surface area contributed by atoms with Crippen molar-refractivity contribution in [2.75, 3.05) is 13.2 Å². The Bertz CT molecular complexity index is 792. The molecule has 0 fully saturated rings. The van der Waals surface area contributed by atoms with Crippen molar-refractivity contribution in [3.63, 3.8) is 0 Å². The second-order valence-corrected chi connectivity index (χ2v) is 6.37. The van der Waals surface area contributed by atoms with Crippen LogP contribution in [0, 0.1) is 0 Å². The minimum absolute atomic E-state index is 0.0937. The maximum absolute atomic E-state index is 12.3. The number of amides is 1. The summed E-state index contributed by atoms with van der Waals surface area (Å²) in [6, 6.07) is 15.6. The molecule has 1 aliphatic rings. The monoisotopic (exact) mass is 357 g/mol. The molecule has 0 saturated carbocycles. The van der Waals surface area contributed by atoms with Gasteiger partial charge in [0.15, 0.2) is 6.61 Å². The highest BCUT2D eigenvalue weighted by molar-refractivity contribution is 6.31. The first kappa shape index (κ1) is 17.3. The molecule has 2 aromatic carbocycles. The van der Waals surface area contributed by atoms with E-state index in [1.165, 1.54) is 11.1 Å². The van der Waals surface area contributed by atoms with Crippen molar-refractivity contribution in [1.82, 2.24) is 4.90 Å². The van der Waals surface area contributed by atoms with Crippen molar-refractivity contribution in [3.8, 4) is 0 Å². The van der Waals surface area contributed by atoms with Gasteiger partial charge in [-0.1, -0.05) is 59.2 Å². The van der Waals surface area contributed by atoms with E-state index in [9.17, 15) is 4.79 Å². The van der Waals surface area contributed by atoms with Crippen LogP contribution in [0.3, 0.4) is 0 Å². The third kappa shape index (κ3) is 4.51. The lowest BCUT2D eigenvalue weighted by molar-refractivity contribution is -0.137. The van der Waals surface area contributed by atoms with Gasteiger partial charge >= 0.3 is 0 Å². The van der Waals surface area contributed by atoms with Crippen LogP contribution in [-0.4, -0.2) is 29.8 Å². The number of rotatable bonds is 5. The predicted octanol–water partition coefficient (Wildman–Crippen LogP) is 2.76. The van der Waals surface area contributed by atoms with Crippen LogP contribution in [0.25, 0.3) is 0 Å². The number of nitrogens with two attached hydrogens (primary N) is 1. The van der Waals surface area contributed by atoms with Crippen LogP contribution >= 0.6 is 11.6 Å². The molecule has 6 heteroatoms. The average molecular weight is 358 g/mol. The summed E-state index contributed by atoms with van der Waals surface area (Å²) >= 11 is 6.08. The Morgan fingerprint density at radius 3 is 2.68 bits per heavy atom. The van der Waals surface area contributed by atoms with Crippen LogP contribution in [-0.2, 0) is 29.0 Å². The first-order chi connectivity index (χ1) is 12.1. The van der Waals surface area contributed by atoms with Crippen LogP contribution < -0.4 is 5.73 Å². The van der Waals surface area contributed by atoms with E-state index in [0.717, 1.165) is 12.0 Å². The Balaban J connectivity index is 1.50. The van der Waals surface area contributed by atoms with Gasteiger partial charge in [0, 0.05) is 24.5 Å². The van der Waals surface area contributed by atoms with Gasteiger partial charge in [-0.25, -0.2) is 0 Å². The molecule has 25 heavy (non-hydrogen) atoms. The maximum Gasteiger partial charge on any atom is 0.263 e. The van der Waals surface area contributed by atoms with Crippen LogP contribution in [0.15, 0.2) is 53.7 Å². The van der Waals surface area contributed by atoms with E-state index < -0.39 is 0 Å². The number of benzene rings is 2. The first-order valence-electron chi connectivity index (χ1n) is 8.16. The number of carbonyl (C=O) groups excluding carboxylic acids is 1. The summed E-state index contributed by atoms with van der Waals surface area (Å²) < 4.78 is 0. The first-order valence-corrected chi connectivity index (χ1v) is 8.53. The number of hydrogen-bond donors (Lipinski definition) is 1. The van der Waals surface area contributed by atoms with Crippen LogP contribution in [0.5, 0.6) is 0 Å². The van der Waals surface area contributed by atoms with Crippen LogP contribution in [0.4, 0.5) is 0 Å². The number of amidine groups is 1. The second-order valence-electron chi connectivity index (χ2n) is 5.96. The van der Waals surface area contributed by atoms with Crippen molar-refractivity contribution in [1.29, 1.82) is 0 Å². The SMILES string of the molecule is NC(Cc1ccccc1Cl)=NOCC(=O)N1CCc2ccccc2C1. The quantitative estimate of drug-likeness (QED) is 0.508. The Hall–Kier alpha value is -2.53. The number of carbonyl (C=O) groups is 1. The smallest absolute Gasteiger partial charge is 0.263 e. The molecule has 1 heterocycles. The van der Waals surface area contributed by atoms with Crippen molar-refractivity contribution >= 4 is 23.3 Å². The molecule has 0 spiro atoms. The minimum atomic E-state index is -0.120. The second kappa shape index (κ2) is 8.03. The molecule has 0 bridgehead atoms. The Morgan fingerprint density at radius 2 is 1.88 bits per heavy atom. The highest BCUT2D eigenvalue weighted by Crippen LogP contribution is 2.18. The topological polar surface area (TPSA) is 67.9 Å². The summed E-state index contributed by atoms with van der Waals surface area (Å²) in [4.78, 5) is 19.2. The molecule has 0 atom stereocenters. The van der Waals surface area contributed by atoms with Gasteiger partial charge in [-0.15, -0.1) is 0 Å². The average Bonchev–Trinajstić information content (AvgIpc) is 2.63. The van der Waals surface area contributed by atoms with Gasteiger partial charge < -0.3 is 15.5 Å². The van der Waals surface area contributed by atoms with Crippen molar-refractivity contribution in [2.24, 2.45) is 10.9 Å². The number of nitrogens with zero attached hydrogens (tertiary/aromatic N) is 2. The molecular formula is C19H20ClN3O2. The standard InChI is InChI=1S/C19H20ClN3O2/c20-17-8-4-3-6-15(17)11-18(21)22-25-13-19(24)23-10-9-14-5-1-2-7-16(14)12-23/h1-8H,9-13H2,(H2,21,22). The fraction of sp³-hybridized carbons (Fsp3) is 0.263. The van der Waals surface area contributed by atoms with Gasteiger partial charge in [0.1, 0.15) is 5.84 Å². The fourth-order valence-corrected chi connectivity index (χ4v) is 3.04. The van der Waals surface area contributed by atoms with E-state index in [1.807, 2.05) is 30.3 Å². The lowest BCUT2D eigenvalue weighted by atomic mass is 10.00. The zero-order chi connectivity index (χ0) is 17.6. The number of halogens is 1. The number of fused-ring (bicyclic) bond motifs is 1. The lowest BCUT2D eigenvalue weighted by Crippen LogP contribution is -2.38. The Morgan fingerprint density at radius 1 is 1.16 bits per heavy atom. The lowest BCUT2D eigenvalue weighted by Gasteiger charge is -2.28. The zero-order valence-electron chi connectivity index (χ0n) is 13.8. The third-order valence-electron chi connectivity index (χ3n) is 4.18. The highest BCUT2D eigenvalue weighted by Gasteiger charge is 2.20. The summed E-state index contributed by atoms with van der Waals surface area (Å²) in [7, 11) is 0. The molecule has 3 rings (SSSR count). The molecular weight excluding hydrogens is 338 g/mol. The molecule has 0 radical (unpaired) electrons. The van der Waals surface area contributed by atoms with E-state index in [-0.39, 0.29) is 18.3 Å². The predicted molar refractivity (Wildman–Crippen MR) is 98.3 cm³/mol. The molecule has 0 aromatic heterocycles. The highest BCUT2D eigenvalue weighted by atomic mass is 35.5. The van der Waals surface area contributed by atoms with Gasteiger partial charge in [-0.05, 0) is 29.2 Å². The molecule has 130 valence electrons. The summed E-state index contributed by atoms with van der Waals surface area (Å²) in [6.45, 7) is 1.18. The molecule has 1 amide bonds. The van der Waals surface area contributed by atoms with E-state index >= 15 is 0 Å². The van der Waals surface area contributed by atoms with E-state index in [4.69, 9.17) is 22.2 Å². The third-order valence-corrected chi connectivity index (χ3v) is 4.55. The summed E-state index contributed by atoms with van der Waals surface area (Å²) in [6.07, 6.45) is 1.24. The Labute approximate surface area is 152 Å². The van der Waals surface area contributed by atoms with Crippen molar-refractivity contribution in [2.45, 2.75) is 19.4 Å².